The molecule has 48 heavy (non-hydrogen) atoms. The Balaban J connectivity index is 1.36. The number of hydrogen-bond donors (Lipinski definition) is 0. The predicted octanol–water partition coefficient (Wildman–Crippen LogP) is 7.30. The Bertz CT molecular complexity index is 2260. The summed E-state index contributed by atoms with van der Waals surface area (Å²) in [7, 11) is 0. The molecule has 0 fully saturated rings. The number of fused-ring (bicyclic) bond motifs is 2. The van der Waals surface area contributed by atoms with Gasteiger partial charge in [-0.1, -0.05) is 54.6 Å². The maximum absolute atomic E-state index is 14.1. The van der Waals surface area contributed by atoms with Crippen molar-refractivity contribution in [3.63, 3.8) is 0 Å². The topological polar surface area (TPSA) is 60.8 Å². The Labute approximate surface area is 284 Å². The molecule has 242 valence electrons. The molecule has 3 aliphatic rings. The molecule has 0 spiro atoms. The Kier molecular flexibility index (Phi) is 8.40. The third-order valence-corrected chi connectivity index (χ3v) is 10.4. The summed E-state index contributed by atoms with van der Waals surface area (Å²) in [5, 5.41) is 0. The summed E-state index contributed by atoms with van der Waals surface area (Å²) in [4.78, 5) is 30.4. The Morgan fingerprint density at radius 1 is 0.854 bits per heavy atom. The average Bonchev–Trinajstić information content (AvgIpc) is 3.58. The second-order valence-electron chi connectivity index (χ2n) is 12.1. The first-order valence-corrected chi connectivity index (χ1v) is 17.3. The van der Waals surface area contributed by atoms with Crippen LogP contribution in [0.2, 0.25) is 0 Å². The first-order valence-electron chi connectivity index (χ1n) is 16.5. The van der Waals surface area contributed by atoms with E-state index in [1.807, 2.05) is 80.6 Å². The Hall–Kier alpha value is -5.14. The summed E-state index contributed by atoms with van der Waals surface area (Å²) in [6.07, 6.45) is 7.65. The molecule has 1 atom stereocenters. The molecule has 3 heterocycles. The van der Waals surface area contributed by atoms with Crippen LogP contribution >= 0.6 is 11.3 Å². The molecule has 6 nitrogen and oxygen atoms in total. The number of ether oxygens (including phenoxy) is 2. The molecule has 7 heteroatoms. The molecular formula is C41H38N2O4S. The third kappa shape index (κ3) is 5.48. The van der Waals surface area contributed by atoms with Crippen LogP contribution in [0, 0.1) is 0 Å². The van der Waals surface area contributed by atoms with Gasteiger partial charge in [-0.2, -0.15) is 0 Å². The highest BCUT2D eigenvalue weighted by Crippen LogP contribution is 2.42. The molecule has 0 amide bonds. The van der Waals surface area contributed by atoms with Crippen LogP contribution in [0.5, 0.6) is 5.75 Å². The van der Waals surface area contributed by atoms with Crippen LogP contribution in [0.3, 0.4) is 0 Å². The van der Waals surface area contributed by atoms with E-state index in [1.165, 1.54) is 11.3 Å². The second kappa shape index (κ2) is 12.8. The number of carbonyl (C=O) groups is 1. The molecule has 2 aliphatic heterocycles. The normalized spacial score (nSPS) is 19.9. The third-order valence-electron chi connectivity index (χ3n) is 9.20. The maximum atomic E-state index is 14.1. The Morgan fingerprint density at radius 3 is 2.35 bits per heavy atom. The molecule has 0 saturated heterocycles. The van der Waals surface area contributed by atoms with Gasteiger partial charge in [0, 0.05) is 65.7 Å². The molecule has 3 aromatic carbocycles. The molecule has 1 aromatic heterocycles. The molecule has 0 N–H and O–H groups in total. The molecule has 0 radical (unpaired) electrons. The fourth-order valence-electron chi connectivity index (χ4n) is 6.91. The Morgan fingerprint density at radius 2 is 1.60 bits per heavy atom. The standard InChI is InChI=1S/C41H38N2O4S/c1-6-42(7-2)29-18-19-32-25(4)20-30(47-35(32)23-29)24-31-22-28(21-26(5)46-31)39-40(45)43(8-3)41(48-39)37-36(27-14-10-9-11-15-27)33-16-12-13-17-34(33)38(37)44/h9-24,36H,6-8H2,1-5H3/b30-24+,39-28-,41-37+. The lowest BCUT2D eigenvalue weighted by Crippen LogP contribution is -2.33. The van der Waals surface area contributed by atoms with Crippen molar-refractivity contribution in [1.82, 2.24) is 4.57 Å². The van der Waals surface area contributed by atoms with Crippen molar-refractivity contribution in [2.75, 3.05) is 18.0 Å². The van der Waals surface area contributed by atoms with Gasteiger partial charge in [0.1, 0.15) is 32.2 Å². The van der Waals surface area contributed by atoms with Gasteiger partial charge in [-0.15, -0.1) is 11.3 Å². The smallest absolute Gasteiger partial charge is 0.269 e. The summed E-state index contributed by atoms with van der Waals surface area (Å²) in [6.45, 7) is 12.5. The quantitative estimate of drug-likeness (QED) is 0.218. The number of rotatable bonds is 6. The number of hydrogen-bond acceptors (Lipinski definition) is 6. The predicted molar refractivity (Wildman–Crippen MR) is 195 cm³/mol. The summed E-state index contributed by atoms with van der Waals surface area (Å²) in [6, 6.07) is 24.2. The number of ketones is 1. The van der Waals surface area contributed by atoms with E-state index < -0.39 is 0 Å². The van der Waals surface area contributed by atoms with Crippen LogP contribution in [-0.2, 0) is 11.3 Å². The second-order valence-corrected chi connectivity index (χ2v) is 13.1. The van der Waals surface area contributed by atoms with Crippen LogP contribution in [-0.4, -0.2) is 23.4 Å². The van der Waals surface area contributed by atoms with E-state index in [0.29, 0.717) is 44.2 Å². The van der Waals surface area contributed by atoms with Crippen molar-refractivity contribution >= 4 is 39.5 Å². The lowest BCUT2D eigenvalue weighted by atomic mass is 9.90. The highest BCUT2D eigenvalue weighted by molar-refractivity contribution is 7.07. The average molecular weight is 655 g/mol. The van der Waals surface area contributed by atoms with E-state index in [4.69, 9.17) is 9.47 Å². The van der Waals surface area contributed by atoms with E-state index in [2.05, 4.69) is 56.0 Å². The maximum Gasteiger partial charge on any atom is 0.269 e. The summed E-state index contributed by atoms with van der Waals surface area (Å²) >= 11 is 1.38. The summed E-state index contributed by atoms with van der Waals surface area (Å²) in [5.41, 5.74) is 7.24. The zero-order valence-electron chi connectivity index (χ0n) is 27.9. The minimum absolute atomic E-state index is 0.0276. The van der Waals surface area contributed by atoms with Crippen LogP contribution in [0.25, 0.3) is 16.7 Å². The number of aromatic nitrogens is 1. The van der Waals surface area contributed by atoms with Crippen molar-refractivity contribution in [3.05, 3.63) is 156 Å². The SMILES string of the molecule is CCN(CC)c1ccc2c(c1)O/C(=C/C1=CC(=c3\s/c(=C4/C(=O)c5ccccc5C4c4ccccc4)n(CC)c3=O)/C=C(C)O1)C=C2C. The number of anilines is 1. The van der Waals surface area contributed by atoms with E-state index >= 15 is 0 Å². The van der Waals surface area contributed by atoms with Crippen molar-refractivity contribution in [2.45, 2.75) is 47.1 Å². The summed E-state index contributed by atoms with van der Waals surface area (Å²) in [5.74, 6) is 2.42. The lowest BCUT2D eigenvalue weighted by Gasteiger charge is -2.25. The van der Waals surface area contributed by atoms with Crippen LogP contribution in [0.4, 0.5) is 5.69 Å². The number of thiazole rings is 1. The van der Waals surface area contributed by atoms with Crippen molar-refractivity contribution in [2.24, 2.45) is 0 Å². The van der Waals surface area contributed by atoms with Crippen LogP contribution in [0.15, 0.2) is 119 Å². The van der Waals surface area contributed by atoms with E-state index in [0.717, 1.165) is 52.4 Å². The first kappa shape index (κ1) is 31.5. The molecule has 1 aliphatic carbocycles. The van der Waals surface area contributed by atoms with Crippen molar-refractivity contribution in [3.8, 4) is 5.75 Å². The van der Waals surface area contributed by atoms with Gasteiger partial charge in [0.15, 0.2) is 5.78 Å². The van der Waals surface area contributed by atoms with E-state index in [9.17, 15) is 9.59 Å². The number of benzene rings is 3. The molecular weight excluding hydrogens is 617 g/mol. The van der Waals surface area contributed by atoms with E-state index in [1.54, 1.807) is 4.57 Å². The fraction of sp³-hybridized carbons (Fsp3) is 0.220. The van der Waals surface area contributed by atoms with Gasteiger partial charge in [-0.25, -0.2) is 0 Å². The number of Topliss-reactive ketones (excluding diaryl/α,β-unsaturated/α-hetero) is 1. The van der Waals surface area contributed by atoms with Crippen molar-refractivity contribution < 1.29 is 14.3 Å². The zero-order valence-corrected chi connectivity index (χ0v) is 28.7. The number of nitrogens with zero attached hydrogens (tertiary/aromatic N) is 2. The van der Waals surface area contributed by atoms with Gasteiger partial charge >= 0.3 is 0 Å². The lowest BCUT2D eigenvalue weighted by molar-refractivity contribution is 0.105. The molecule has 7 rings (SSSR count). The van der Waals surface area contributed by atoms with Gasteiger partial charge in [0.25, 0.3) is 5.56 Å². The fourth-order valence-corrected chi connectivity index (χ4v) is 8.18. The van der Waals surface area contributed by atoms with Crippen LogP contribution < -0.4 is 24.4 Å². The highest BCUT2D eigenvalue weighted by atomic mass is 32.1. The van der Waals surface area contributed by atoms with Gasteiger partial charge in [0.2, 0.25) is 0 Å². The summed E-state index contributed by atoms with van der Waals surface area (Å²) < 4.78 is 15.5. The zero-order chi connectivity index (χ0) is 33.5. The number of carbonyl (C=O) groups excluding carboxylic acids is 1. The molecule has 0 saturated carbocycles. The number of allylic oxidation sites excluding steroid dienone is 6. The minimum Gasteiger partial charge on any atom is -0.462 e. The highest BCUT2D eigenvalue weighted by Gasteiger charge is 2.37. The van der Waals surface area contributed by atoms with Gasteiger partial charge in [-0.3, -0.25) is 14.2 Å². The van der Waals surface area contributed by atoms with Crippen molar-refractivity contribution in [1.29, 1.82) is 0 Å². The first-order chi connectivity index (χ1) is 23.3. The minimum atomic E-state index is -0.255. The largest absolute Gasteiger partial charge is 0.462 e. The van der Waals surface area contributed by atoms with E-state index in [-0.39, 0.29) is 17.3 Å². The van der Waals surface area contributed by atoms with Gasteiger partial charge < -0.3 is 14.4 Å². The molecule has 4 aromatic rings. The molecule has 1 unspecified atom stereocenters. The van der Waals surface area contributed by atoms with Gasteiger partial charge in [0.05, 0.1) is 0 Å². The van der Waals surface area contributed by atoms with Crippen LogP contribution in [0.1, 0.15) is 67.6 Å². The monoisotopic (exact) mass is 654 g/mol. The van der Waals surface area contributed by atoms with Gasteiger partial charge in [-0.05, 0) is 81.7 Å². The molecule has 0 bridgehead atoms.